The average molecular weight is 402 g/mol. The van der Waals surface area contributed by atoms with Gasteiger partial charge in [0.25, 0.3) is 0 Å². The van der Waals surface area contributed by atoms with Crippen molar-refractivity contribution in [2.75, 3.05) is 57.4 Å². The first-order valence-corrected chi connectivity index (χ1v) is 11.3. The molecular weight excluding hydrogens is 366 g/mol. The number of hydrogen-bond donors (Lipinski definition) is 0. The van der Waals surface area contributed by atoms with Gasteiger partial charge in [-0.2, -0.15) is 0 Å². The molecule has 4 rings (SSSR count). The van der Waals surface area contributed by atoms with Crippen LogP contribution in [0.4, 0.5) is 5.82 Å². The lowest BCUT2D eigenvalue weighted by Gasteiger charge is -2.43. The second-order valence-electron chi connectivity index (χ2n) is 8.95. The SMILES string of the molecule is CC(C)c1cc(N2CCC(N3CCC[C@@H](C(=O)N4CCOCC4)C3)CC2)ncn1. The lowest BCUT2D eigenvalue weighted by molar-refractivity contribution is -0.141. The second kappa shape index (κ2) is 9.39. The fraction of sp³-hybridized carbons (Fsp3) is 0.773. The Morgan fingerprint density at radius 1 is 1.07 bits per heavy atom. The molecule has 1 atom stereocenters. The average Bonchev–Trinajstić information content (AvgIpc) is 2.79. The van der Waals surface area contributed by atoms with Crippen LogP contribution < -0.4 is 4.90 Å². The summed E-state index contributed by atoms with van der Waals surface area (Å²) in [6.07, 6.45) is 6.14. The molecule has 0 spiro atoms. The van der Waals surface area contributed by atoms with Crippen molar-refractivity contribution < 1.29 is 9.53 Å². The maximum Gasteiger partial charge on any atom is 0.227 e. The van der Waals surface area contributed by atoms with E-state index in [0.29, 0.717) is 31.1 Å². The Kier molecular flexibility index (Phi) is 6.65. The van der Waals surface area contributed by atoms with Crippen LogP contribution in [-0.4, -0.2) is 84.2 Å². The molecule has 0 bridgehead atoms. The van der Waals surface area contributed by atoms with Crippen LogP contribution in [-0.2, 0) is 9.53 Å². The zero-order chi connectivity index (χ0) is 20.2. The van der Waals surface area contributed by atoms with E-state index >= 15 is 0 Å². The number of anilines is 1. The van der Waals surface area contributed by atoms with Gasteiger partial charge < -0.3 is 14.5 Å². The molecule has 160 valence electrons. The van der Waals surface area contributed by atoms with Gasteiger partial charge in [0.2, 0.25) is 5.91 Å². The predicted octanol–water partition coefficient (Wildman–Crippen LogP) is 2.14. The monoisotopic (exact) mass is 401 g/mol. The zero-order valence-electron chi connectivity index (χ0n) is 17.9. The lowest BCUT2D eigenvalue weighted by atomic mass is 9.92. The summed E-state index contributed by atoms with van der Waals surface area (Å²) in [5.74, 6) is 1.98. The highest BCUT2D eigenvalue weighted by Gasteiger charge is 2.34. The molecule has 3 saturated heterocycles. The molecule has 1 amide bonds. The number of nitrogens with zero attached hydrogens (tertiary/aromatic N) is 5. The number of morpholine rings is 1. The van der Waals surface area contributed by atoms with Crippen LogP contribution in [0.5, 0.6) is 0 Å². The van der Waals surface area contributed by atoms with Crippen molar-refractivity contribution in [2.24, 2.45) is 5.92 Å². The fourth-order valence-corrected chi connectivity index (χ4v) is 4.89. The predicted molar refractivity (Wildman–Crippen MR) is 113 cm³/mol. The Labute approximate surface area is 174 Å². The first-order valence-electron chi connectivity index (χ1n) is 11.3. The van der Waals surface area contributed by atoms with Gasteiger partial charge in [-0.1, -0.05) is 13.8 Å². The molecule has 0 saturated carbocycles. The van der Waals surface area contributed by atoms with Crippen LogP contribution >= 0.6 is 0 Å². The summed E-state index contributed by atoms with van der Waals surface area (Å²) < 4.78 is 5.40. The summed E-state index contributed by atoms with van der Waals surface area (Å²) in [5.41, 5.74) is 1.11. The molecule has 29 heavy (non-hydrogen) atoms. The topological polar surface area (TPSA) is 61.8 Å². The number of carbonyl (C=O) groups is 1. The zero-order valence-corrected chi connectivity index (χ0v) is 17.9. The van der Waals surface area contributed by atoms with Gasteiger partial charge >= 0.3 is 0 Å². The fourth-order valence-electron chi connectivity index (χ4n) is 4.89. The highest BCUT2D eigenvalue weighted by Crippen LogP contribution is 2.27. The Morgan fingerprint density at radius 2 is 1.83 bits per heavy atom. The van der Waals surface area contributed by atoms with Crippen LogP contribution in [0.1, 0.15) is 51.1 Å². The number of likely N-dealkylation sites (tertiary alicyclic amines) is 1. The van der Waals surface area contributed by atoms with Crippen molar-refractivity contribution in [3.8, 4) is 0 Å². The normalized spacial score (nSPS) is 24.9. The van der Waals surface area contributed by atoms with Crippen LogP contribution in [0.25, 0.3) is 0 Å². The molecule has 3 aliphatic rings. The van der Waals surface area contributed by atoms with Crippen LogP contribution in [0.3, 0.4) is 0 Å². The Hall–Kier alpha value is -1.73. The van der Waals surface area contributed by atoms with Crippen LogP contribution in [0.15, 0.2) is 12.4 Å². The molecule has 0 unspecified atom stereocenters. The summed E-state index contributed by atoms with van der Waals surface area (Å²) in [6.45, 7) is 11.3. The van der Waals surface area contributed by atoms with E-state index in [9.17, 15) is 4.79 Å². The highest BCUT2D eigenvalue weighted by molar-refractivity contribution is 5.79. The van der Waals surface area contributed by atoms with Crippen LogP contribution in [0.2, 0.25) is 0 Å². The third-order valence-corrected chi connectivity index (χ3v) is 6.70. The van der Waals surface area contributed by atoms with E-state index < -0.39 is 0 Å². The summed E-state index contributed by atoms with van der Waals surface area (Å²) in [7, 11) is 0. The van der Waals surface area contributed by atoms with Gasteiger partial charge in [0.1, 0.15) is 12.1 Å². The number of hydrogen-bond acceptors (Lipinski definition) is 6. The number of piperidine rings is 2. The number of aromatic nitrogens is 2. The minimum absolute atomic E-state index is 0.162. The van der Waals surface area contributed by atoms with Crippen molar-refractivity contribution in [3.05, 3.63) is 18.1 Å². The van der Waals surface area contributed by atoms with E-state index in [4.69, 9.17) is 4.74 Å². The van der Waals surface area contributed by atoms with E-state index in [1.807, 2.05) is 4.90 Å². The summed E-state index contributed by atoms with van der Waals surface area (Å²) in [4.78, 5) is 28.8. The largest absolute Gasteiger partial charge is 0.378 e. The van der Waals surface area contributed by atoms with Crippen molar-refractivity contribution in [3.63, 3.8) is 0 Å². The number of amides is 1. The minimum Gasteiger partial charge on any atom is -0.378 e. The van der Waals surface area contributed by atoms with Gasteiger partial charge in [-0.05, 0) is 38.1 Å². The molecule has 7 heteroatoms. The first kappa shape index (κ1) is 20.5. The molecule has 7 nitrogen and oxygen atoms in total. The van der Waals surface area contributed by atoms with E-state index in [1.54, 1.807) is 6.33 Å². The quantitative estimate of drug-likeness (QED) is 0.770. The molecule has 0 aliphatic carbocycles. The van der Waals surface area contributed by atoms with Gasteiger partial charge in [-0.25, -0.2) is 9.97 Å². The molecule has 0 aromatic carbocycles. The molecule has 1 aromatic rings. The molecule has 0 N–H and O–H groups in total. The summed E-state index contributed by atoms with van der Waals surface area (Å²) >= 11 is 0. The maximum atomic E-state index is 12.9. The summed E-state index contributed by atoms with van der Waals surface area (Å²) in [6, 6.07) is 2.72. The molecule has 0 radical (unpaired) electrons. The third kappa shape index (κ3) is 4.89. The lowest BCUT2D eigenvalue weighted by Crippen LogP contribution is -2.52. The number of ether oxygens (including phenoxy) is 1. The standard InChI is InChI=1S/C22H35N5O2/c1-17(2)20-14-21(24-16-23-20)25-8-5-19(6-9-25)27-7-3-4-18(15-27)22(28)26-10-12-29-13-11-26/h14,16-19H,3-13,15H2,1-2H3/t18-/m1/s1. The second-order valence-corrected chi connectivity index (χ2v) is 8.95. The smallest absolute Gasteiger partial charge is 0.227 e. The van der Waals surface area contributed by atoms with E-state index in [2.05, 4.69) is 39.7 Å². The molecule has 4 heterocycles. The third-order valence-electron chi connectivity index (χ3n) is 6.70. The molecule has 3 aliphatic heterocycles. The first-order chi connectivity index (χ1) is 14.1. The Balaban J connectivity index is 1.31. The van der Waals surface area contributed by atoms with Gasteiger partial charge in [-0.3, -0.25) is 9.69 Å². The Bertz CT molecular complexity index is 684. The van der Waals surface area contributed by atoms with E-state index in [1.165, 1.54) is 0 Å². The van der Waals surface area contributed by atoms with Gasteiger partial charge in [-0.15, -0.1) is 0 Å². The van der Waals surface area contributed by atoms with Crippen molar-refractivity contribution >= 4 is 11.7 Å². The van der Waals surface area contributed by atoms with Gasteiger partial charge in [0.15, 0.2) is 0 Å². The minimum atomic E-state index is 0.162. The Morgan fingerprint density at radius 3 is 2.55 bits per heavy atom. The molecular formula is C22H35N5O2. The molecule has 1 aromatic heterocycles. The number of carbonyl (C=O) groups excluding carboxylic acids is 1. The van der Waals surface area contributed by atoms with E-state index in [-0.39, 0.29) is 5.92 Å². The maximum absolute atomic E-state index is 12.9. The van der Waals surface area contributed by atoms with Gasteiger partial charge in [0.05, 0.1) is 19.1 Å². The van der Waals surface area contributed by atoms with Crippen LogP contribution in [0, 0.1) is 5.92 Å². The highest BCUT2D eigenvalue weighted by atomic mass is 16.5. The summed E-state index contributed by atoms with van der Waals surface area (Å²) in [5, 5.41) is 0. The molecule has 3 fully saturated rings. The van der Waals surface area contributed by atoms with E-state index in [0.717, 1.165) is 76.5 Å². The number of rotatable bonds is 4. The van der Waals surface area contributed by atoms with Gasteiger partial charge in [0, 0.05) is 50.5 Å². The van der Waals surface area contributed by atoms with Crippen molar-refractivity contribution in [2.45, 2.75) is 51.5 Å². The van der Waals surface area contributed by atoms with Crippen molar-refractivity contribution in [1.29, 1.82) is 0 Å². The van der Waals surface area contributed by atoms with Crippen molar-refractivity contribution in [1.82, 2.24) is 19.8 Å².